The lowest BCUT2D eigenvalue weighted by Gasteiger charge is -2.30. The van der Waals surface area contributed by atoms with Crippen molar-refractivity contribution < 1.29 is 9.47 Å². The highest BCUT2D eigenvalue weighted by Crippen LogP contribution is 2.40. The first kappa shape index (κ1) is 13.4. The minimum atomic E-state index is -0.112. The number of methoxy groups -OCH3 is 1. The zero-order valence-electron chi connectivity index (χ0n) is 11.0. The minimum absolute atomic E-state index is 0.0794. The van der Waals surface area contributed by atoms with Crippen molar-refractivity contribution in [2.24, 2.45) is 5.73 Å². The third-order valence-corrected chi connectivity index (χ3v) is 3.90. The van der Waals surface area contributed by atoms with Crippen molar-refractivity contribution in [2.45, 2.75) is 18.6 Å². The fourth-order valence-electron chi connectivity index (χ4n) is 2.37. The lowest BCUT2D eigenvalue weighted by molar-refractivity contribution is 0.157. The first-order valence-electron chi connectivity index (χ1n) is 6.39. The Balaban J connectivity index is 1.90. The quantitative estimate of drug-likeness (QED) is 0.914. The summed E-state index contributed by atoms with van der Waals surface area (Å²) in [6, 6.07) is 9.55. The number of nitrogens with zero attached hydrogens (tertiary/aromatic N) is 1. The molecule has 1 aliphatic heterocycles. The lowest BCUT2D eigenvalue weighted by atomic mass is 9.95. The molecule has 0 aliphatic carbocycles. The molecule has 2 aromatic rings. The van der Waals surface area contributed by atoms with E-state index in [2.05, 4.69) is 20.9 Å². The molecule has 104 valence electrons. The second-order valence-electron chi connectivity index (χ2n) is 4.75. The highest BCUT2D eigenvalue weighted by molar-refractivity contribution is 9.10. The van der Waals surface area contributed by atoms with Crippen LogP contribution in [-0.4, -0.2) is 12.1 Å². The molecule has 1 aliphatic rings. The molecule has 5 heteroatoms. The summed E-state index contributed by atoms with van der Waals surface area (Å²) >= 11 is 3.38. The molecule has 2 N–H and O–H groups in total. The van der Waals surface area contributed by atoms with Gasteiger partial charge in [-0.1, -0.05) is 0 Å². The number of hydrogen-bond acceptors (Lipinski definition) is 4. The maximum absolute atomic E-state index is 6.25. The molecule has 0 saturated carbocycles. The number of rotatable bonds is 2. The first-order chi connectivity index (χ1) is 9.67. The fraction of sp³-hybridized carbons (Fsp3) is 0.267. The molecule has 4 nitrogen and oxygen atoms in total. The summed E-state index contributed by atoms with van der Waals surface area (Å²) in [7, 11) is 1.64. The topological polar surface area (TPSA) is 57.4 Å². The second kappa shape index (κ2) is 5.42. The second-order valence-corrected chi connectivity index (χ2v) is 5.67. The monoisotopic (exact) mass is 334 g/mol. The zero-order valence-corrected chi connectivity index (χ0v) is 12.6. The molecule has 3 rings (SSSR count). The average Bonchev–Trinajstić information content (AvgIpc) is 2.47. The van der Waals surface area contributed by atoms with Gasteiger partial charge in [-0.3, -0.25) is 4.98 Å². The van der Waals surface area contributed by atoms with E-state index in [0.29, 0.717) is 6.42 Å². The third kappa shape index (κ3) is 2.51. The van der Waals surface area contributed by atoms with E-state index in [-0.39, 0.29) is 12.1 Å². The molecular weight excluding hydrogens is 320 g/mol. The van der Waals surface area contributed by atoms with Gasteiger partial charge >= 0.3 is 0 Å². The third-order valence-electron chi connectivity index (χ3n) is 3.43. The van der Waals surface area contributed by atoms with Crippen LogP contribution in [0.2, 0.25) is 0 Å². The molecule has 20 heavy (non-hydrogen) atoms. The SMILES string of the molecule is COc1ccc2c(c1)[C@@H](N)CC(c1ccc(Br)cn1)O2. The van der Waals surface area contributed by atoms with Crippen LogP contribution in [0.4, 0.5) is 0 Å². The summed E-state index contributed by atoms with van der Waals surface area (Å²) in [6.45, 7) is 0. The van der Waals surface area contributed by atoms with Gasteiger partial charge in [-0.2, -0.15) is 0 Å². The number of benzene rings is 1. The summed E-state index contributed by atoms with van der Waals surface area (Å²) in [5, 5.41) is 0. The minimum Gasteiger partial charge on any atom is -0.497 e. The van der Waals surface area contributed by atoms with Gasteiger partial charge in [0.25, 0.3) is 0 Å². The predicted octanol–water partition coefficient (Wildman–Crippen LogP) is 3.38. The first-order valence-corrected chi connectivity index (χ1v) is 7.18. The summed E-state index contributed by atoms with van der Waals surface area (Å²) < 4.78 is 12.2. The standard InChI is InChI=1S/C15H15BrN2O2/c1-19-10-3-5-14-11(6-10)12(17)7-15(20-14)13-4-2-9(16)8-18-13/h2-6,8,12,15H,7,17H2,1H3/t12-,15?/m0/s1. The van der Waals surface area contributed by atoms with Gasteiger partial charge in [0, 0.05) is 28.7 Å². The van der Waals surface area contributed by atoms with Crippen LogP contribution in [0.3, 0.4) is 0 Å². The molecule has 0 bridgehead atoms. The van der Waals surface area contributed by atoms with E-state index in [1.165, 1.54) is 0 Å². The van der Waals surface area contributed by atoms with Gasteiger partial charge in [-0.25, -0.2) is 0 Å². The number of aromatic nitrogens is 1. The fourth-order valence-corrected chi connectivity index (χ4v) is 2.60. The molecule has 2 atom stereocenters. The highest BCUT2D eigenvalue weighted by atomic mass is 79.9. The zero-order chi connectivity index (χ0) is 14.1. The van der Waals surface area contributed by atoms with Gasteiger partial charge in [0.2, 0.25) is 0 Å². The Morgan fingerprint density at radius 2 is 2.20 bits per heavy atom. The van der Waals surface area contributed by atoms with Crippen molar-refractivity contribution in [3.63, 3.8) is 0 Å². The Labute approximate surface area is 126 Å². The highest BCUT2D eigenvalue weighted by Gasteiger charge is 2.28. The van der Waals surface area contributed by atoms with Gasteiger partial charge in [0.05, 0.1) is 12.8 Å². The molecule has 1 unspecified atom stereocenters. The smallest absolute Gasteiger partial charge is 0.142 e. The van der Waals surface area contributed by atoms with Crippen LogP contribution in [0.1, 0.15) is 29.8 Å². The van der Waals surface area contributed by atoms with Crippen LogP contribution in [0.25, 0.3) is 0 Å². The summed E-state index contributed by atoms with van der Waals surface area (Å²) in [5.74, 6) is 1.60. The Hall–Kier alpha value is -1.59. The van der Waals surface area contributed by atoms with Crippen LogP contribution >= 0.6 is 15.9 Å². The van der Waals surface area contributed by atoms with Crippen LogP contribution in [-0.2, 0) is 0 Å². The van der Waals surface area contributed by atoms with Gasteiger partial charge in [0.15, 0.2) is 0 Å². The molecule has 0 saturated heterocycles. The molecule has 1 aromatic heterocycles. The van der Waals surface area contributed by atoms with E-state index < -0.39 is 0 Å². The van der Waals surface area contributed by atoms with Gasteiger partial charge in [-0.15, -0.1) is 0 Å². The van der Waals surface area contributed by atoms with Gasteiger partial charge < -0.3 is 15.2 Å². The van der Waals surface area contributed by atoms with E-state index in [4.69, 9.17) is 15.2 Å². The van der Waals surface area contributed by atoms with Gasteiger partial charge in [0.1, 0.15) is 17.6 Å². The van der Waals surface area contributed by atoms with Crippen molar-refractivity contribution in [1.82, 2.24) is 4.98 Å². The largest absolute Gasteiger partial charge is 0.497 e. The van der Waals surface area contributed by atoms with Crippen molar-refractivity contribution in [3.8, 4) is 11.5 Å². The van der Waals surface area contributed by atoms with E-state index in [1.807, 2.05) is 30.3 Å². The summed E-state index contributed by atoms with van der Waals surface area (Å²) in [5.41, 5.74) is 8.13. The Bertz CT molecular complexity index is 616. The lowest BCUT2D eigenvalue weighted by Crippen LogP contribution is -2.24. The maximum atomic E-state index is 6.25. The van der Waals surface area contributed by atoms with E-state index >= 15 is 0 Å². The van der Waals surface area contributed by atoms with E-state index in [9.17, 15) is 0 Å². The van der Waals surface area contributed by atoms with Gasteiger partial charge in [-0.05, 0) is 46.3 Å². The Morgan fingerprint density at radius 3 is 2.90 bits per heavy atom. The van der Waals surface area contributed by atoms with Crippen LogP contribution in [0.5, 0.6) is 11.5 Å². The number of ether oxygens (including phenoxy) is 2. The number of hydrogen-bond donors (Lipinski definition) is 1. The Morgan fingerprint density at radius 1 is 1.35 bits per heavy atom. The maximum Gasteiger partial charge on any atom is 0.142 e. The molecule has 1 aromatic carbocycles. The average molecular weight is 335 g/mol. The van der Waals surface area contributed by atoms with Crippen LogP contribution < -0.4 is 15.2 Å². The number of halogens is 1. The Kier molecular flexibility index (Phi) is 3.63. The van der Waals surface area contributed by atoms with Crippen LogP contribution in [0, 0.1) is 0 Å². The molecule has 0 fully saturated rings. The summed E-state index contributed by atoms with van der Waals surface area (Å²) in [6.07, 6.45) is 2.36. The van der Waals surface area contributed by atoms with E-state index in [0.717, 1.165) is 27.2 Å². The van der Waals surface area contributed by atoms with Crippen molar-refractivity contribution >= 4 is 15.9 Å². The normalized spacial score (nSPS) is 20.9. The van der Waals surface area contributed by atoms with Crippen LogP contribution in [0.15, 0.2) is 41.0 Å². The van der Waals surface area contributed by atoms with Crippen molar-refractivity contribution in [2.75, 3.05) is 7.11 Å². The number of fused-ring (bicyclic) bond motifs is 1. The van der Waals surface area contributed by atoms with Crippen molar-refractivity contribution in [3.05, 3.63) is 52.3 Å². The van der Waals surface area contributed by atoms with E-state index in [1.54, 1.807) is 13.3 Å². The van der Waals surface area contributed by atoms with Crippen molar-refractivity contribution in [1.29, 1.82) is 0 Å². The molecule has 0 amide bonds. The molecule has 0 radical (unpaired) electrons. The predicted molar refractivity (Wildman–Crippen MR) is 79.8 cm³/mol. The molecule has 0 spiro atoms. The molecular formula is C15H15BrN2O2. The number of pyridine rings is 1. The number of nitrogens with two attached hydrogens (primary N) is 1. The molecule has 2 heterocycles. The summed E-state index contributed by atoms with van der Waals surface area (Å²) in [4.78, 5) is 4.39.